The SMILES string of the molecule is CNC(=O)C1(COC)CCCN1S(=O)(=O)c1cccc2ccoc12. The van der Waals surface area contributed by atoms with Crippen LogP contribution in [0.4, 0.5) is 0 Å². The van der Waals surface area contributed by atoms with Gasteiger partial charge in [-0.05, 0) is 25.0 Å². The fraction of sp³-hybridized carbons (Fsp3) is 0.438. The molecular weight excluding hydrogens is 332 g/mol. The quantitative estimate of drug-likeness (QED) is 0.877. The van der Waals surface area contributed by atoms with Crippen molar-refractivity contribution in [3.63, 3.8) is 0 Å². The van der Waals surface area contributed by atoms with Crippen molar-refractivity contribution in [2.45, 2.75) is 23.3 Å². The summed E-state index contributed by atoms with van der Waals surface area (Å²) in [5.74, 6) is -0.364. The lowest BCUT2D eigenvalue weighted by Crippen LogP contribution is -2.59. The van der Waals surface area contributed by atoms with Gasteiger partial charge in [-0.15, -0.1) is 0 Å². The van der Waals surface area contributed by atoms with Crippen molar-refractivity contribution in [3.05, 3.63) is 30.5 Å². The molecule has 24 heavy (non-hydrogen) atoms. The van der Waals surface area contributed by atoms with E-state index in [4.69, 9.17) is 9.15 Å². The van der Waals surface area contributed by atoms with Gasteiger partial charge in [0, 0.05) is 26.1 Å². The number of amides is 1. The molecule has 2 aromatic rings. The molecule has 0 spiro atoms. The van der Waals surface area contributed by atoms with Gasteiger partial charge in [-0.25, -0.2) is 8.42 Å². The molecular formula is C16H20N2O5S. The molecule has 0 radical (unpaired) electrons. The zero-order chi connectivity index (χ0) is 17.4. The Bertz CT molecular complexity index is 860. The Labute approximate surface area is 140 Å². The highest BCUT2D eigenvalue weighted by molar-refractivity contribution is 7.89. The molecule has 1 aliphatic heterocycles. The van der Waals surface area contributed by atoms with Gasteiger partial charge in [0.25, 0.3) is 0 Å². The Morgan fingerprint density at radius 1 is 1.42 bits per heavy atom. The summed E-state index contributed by atoms with van der Waals surface area (Å²) in [5, 5.41) is 3.27. The number of carbonyl (C=O) groups excluding carboxylic acids is 1. The van der Waals surface area contributed by atoms with E-state index in [1.165, 1.54) is 30.8 Å². The van der Waals surface area contributed by atoms with Crippen LogP contribution in [0.15, 0.2) is 39.8 Å². The molecule has 1 amide bonds. The highest BCUT2D eigenvalue weighted by Crippen LogP contribution is 2.37. The molecule has 1 unspecified atom stereocenters. The molecule has 2 heterocycles. The Kier molecular flexibility index (Phi) is 4.37. The molecule has 0 aliphatic carbocycles. The van der Waals surface area contributed by atoms with E-state index in [0.29, 0.717) is 23.8 Å². The van der Waals surface area contributed by atoms with Crippen LogP contribution in [0.5, 0.6) is 0 Å². The van der Waals surface area contributed by atoms with Crippen molar-refractivity contribution in [3.8, 4) is 0 Å². The van der Waals surface area contributed by atoms with Crippen LogP contribution in [0.2, 0.25) is 0 Å². The summed E-state index contributed by atoms with van der Waals surface area (Å²) in [5.41, 5.74) is -0.940. The standard InChI is InChI=1S/C16H20N2O5S/c1-17-15(19)16(11-22-2)8-4-9-18(16)24(20,21)13-6-3-5-12-7-10-23-14(12)13/h3,5-7,10H,4,8-9,11H2,1-2H3,(H,17,19). The minimum Gasteiger partial charge on any atom is -0.463 e. The molecule has 1 fully saturated rings. The molecule has 1 N–H and O–H groups in total. The van der Waals surface area contributed by atoms with Gasteiger partial charge in [0.15, 0.2) is 5.58 Å². The summed E-state index contributed by atoms with van der Waals surface area (Å²) in [6, 6.07) is 6.65. The van der Waals surface area contributed by atoms with Gasteiger partial charge in [0.2, 0.25) is 15.9 Å². The fourth-order valence-electron chi connectivity index (χ4n) is 3.40. The van der Waals surface area contributed by atoms with Crippen molar-refractivity contribution in [2.75, 3.05) is 27.3 Å². The van der Waals surface area contributed by atoms with Gasteiger partial charge in [0.1, 0.15) is 10.4 Å². The Balaban J connectivity index is 2.14. The molecule has 3 rings (SSSR count). The summed E-state index contributed by atoms with van der Waals surface area (Å²) in [7, 11) is -0.966. The van der Waals surface area contributed by atoms with E-state index in [0.717, 1.165) is 0 Å². The number of ether oxygens (including phenoxy) is 1. The van der Waals surface area contributed by atoms with Crippen molar-refractivity contribution >= 4 is 26.9 Å². The Morgan fingerprint density at radius 2 is 2.21 bits per heavy atom. The first-order valence-electron chi connectivity index (χ1n) is 7.67. The number of nitrogens with zero attached hydrogens (tertiary/aromatic N) is 1. The topological polar surface area (TPSA) is 88.9 Å². The second-order valence-electron chi connectivity index (χ2n) is 5.82. The maximum Gasteiger partial charge on any atom is 0.247 e. The summed E-state index contributed by atoms with van der Waals surface area (Å²) >= 11 is 0. The molecule has 0 bridgehead atoms. The van der Waals surface area contributed by atoms with Crippen LogP contribution in [0.25, 0.3) is 11.0 Å². The number of nitrogens with one attached hydrogen (secondary N) is 1. The third-order valence-corrected chi connectivity index (χ3v) is 6.46. The highest BCUT2D eigenvalue weighted by atomic mass is 32.2. The molecule has 7 nitrogen and oxygen atoms in total. The van der Waals surface area contributed by atoms with Crippen LogP contribution < -0.4 is 5.32 Å². The predicted octanol–water partition coefficient (Wildman–Crippen LogP) is 1.35. The maximum absolute atomic E-state index is 13.3. The number of sulfonamides is 1. The Morgan fingerprint density at radius 3 is 2.92 bits per heavy atom. The number of rotatable bonds is 5. The largest absolute Gasteiger partial charge is 0.463 e. The zero-order valence-electron chi connectivity index (χ0n) is 13.6. The number of fused-ring (bicyclic) bond motifs is 1. The second-order valence-corrected chi connectivity index (χ2v) is 7.65. The van der Waals surface area contributed by atoms with E-state index in [2.05, 4.69) is 5.32 Å². The number of methoxy groups -OCH3 is 1. The molecule has 130 valence electrons. The van der Waals surface area contributed by atoms with E-state index in [9.17, 15) is 13.2 Å². The first kappa shape index (κ1) is 16.9. The van der Waals surface area contributed by atoms with E-state index in [1.807, 2.05) is 0 Å². The average molecular weight is 352 g/mol. The highest BCUT2D eigenvalue weighted by Gasteiger charge is 2.53. The summed E-state index contributed by atoms with van der Waals surface area (Å²) in [6.07, 6.45) is 2.45. The predicted molar refractivity (Wildman–Crippen MR) is 88.0 cm³/mol. The van der Waals surface area contributed by atoms with Crippen molar-refractivity contribution < 1.29 is 22.4 Å². The maximum atomic E-state index is 13.3. The normalized spacial score (nSPS) is 22.1. The van der Waals surface area contributed by atoms with Crippen LogP contribution in [0, 0.1) is 0 Å². The van der Waals surface area contributed by atoms with Crippen LogP contribution in [0.1, 0.15) is 12.8 Å². The molecule has 1 aromatic carbocycles. The number of hydrogen-bond donors (Lipinski definition) is 1. The van der Waals surface area contributed by atoms with Crippen molar-refractivity contribution in [1.29, 1.82) is 0 Å². The lowest BCUT2D eigenvalue weighted by Gasteiger charge is -2.35. The van der Waals surface area contributed by atoms with Gasteiger partial charge in [-0.3, -0.25) is 4.79 Å². The van der Waals surface area contributed by atoms with Gasteiger partial charge in [0.05, 0.1) is 12.9 Å². The summed E-state index contributed by atoms with van der Waals surface area (Å²) in [4.78, 5) is 12.6. The van der Waals surface area contributed by atoms with E-state index < -0.39 is 15.6 Å². The van der Waals surface area contributed by atoms with Crippen LogP contribution in [0.3, 0.4) is 0 Å². The number of furan rings is 1. The second kappa shape index (κ2) is 6.19. The van der Waals surface area contributed by atoms with Gasteiger partial charge >= 0.3 is 0 Å². The molecule has 8 heteroatoms. The smallest absolute Gasteiger partial charge is 0.247 e. The van der Waals surface area contributed by atoms with Crippen molar-refractivity contribution in [1.82, 2.24) is 9.62 Å². The van der Waals surface area contributed by atoms with Crippen LogP contribution in [-0.2, 0) is 19.6 Å². The van der Waals surface area contributed by atoms with Gasteiger partial charge < -0.3 is 14.5 Å². The van der Waals surface area contributed by atoms with E-state index in [1.54, 1.807) is 18.2 Å². The van der Waals surface area contributed by atoms with E-state index in [-0.39, 0.29) is 24.0 Å². The first-order valence-corrected chi connectivity index (χ1v) is 9.11. The number of carbonyl (C=O) groups is 1. The van der Waals surface area contributed by atoms with Crippen LogP contribution in [-0.4, -0.2) is 51.5 Å². The first-order chi connectivity index (χ1) is 11.5. The molecule has 0 saturated carbocycles. The molecule has 1 aliphatic rings. The lowest BCUT2D eigenvalue weighted by atomic mass is 9.97. The Hall–Kier alpha value is -1.90. The molecule has 1 atom stereocenters. The lowest BCUT2D eigenvalue weighted by molar-refractivity contribution is -0.131. The number of para-hydroxylation sites is 1. The van der Waals surface area contributed by atoms with Crippen LogP contribution >= 0.6 is 0 Å². The number of hydrogen-bond acceptors (Lipinski definition) is 5. The van der Waals surface area contributed by atoms with Gasteiger partial charge in [-0.1, -0.05) is 12.1 Å². The van der Waals surface area contributed by atoms with Crippen molar-refractivity contribution in [2.24, 2.45) is 0 Å². The van der Waals surface area contributed by atoms with E-state index >= 15 is 0 Å². The summed E-state index contributed by atoms with van der Waals surface area (Å²) in [6.45, 7) is 0.260. The molecule has 1 saturated heterocycles. The fourth-order valence-corrected chi connectivity index (χ4v) is 5.34. The zero-order valence-corrected chi connectivity index (χ0v) is 14.4. The average Bonchev–Trinajstić information content (AvgIpc) is 3.21. The monoisotopic (exact) mass is 352 g/mol. The summed E-state index contributed by atoms with van der Waals surface area (Å²) < 4.78 is 38.4. The van der Waals surface area contributed by atoms with Gasteiger partial charge in [-0.2, -0.15) is 4.31 Å². The molecule has 1 aromatic heterocycles. The number of likely N-dealkylation sites (N-methyl/N-ethyl adjacent to an activating group) is 1. The minimum atomic E-state index is -3.92. The minimum absolute atomic E-state index is 0.0000342. The third kappa shape index (κ3) is 2.42. The number of benzene rings is 1. The third-order valence-electron chi connectivity index (χ3n) is 4.47.